The molecule has 35 heavy (non-hydrogen) atoms. The van der Waals surface area contributed by atoms with E-state index in [9.17, 15) is 27.9 Å². The van der Waals surface area contributed by atoms with E-state index in [1.54, 1.807) is 36.9 Å². The number of carboxylic acids is 1. The second kappa shape index (κ2) is 9.57. The number of hydrogen-bond acceptors (Lipinski definition) is 6. The number of nitrogens with zero attached hydrogens (tertiary/aromatic N) is 2. The Bertz CT molecular complexity index is 1260. The third kappa shape index (κ3) is 5.24. The highest BCUT2D eigenvalue weighted by Crippen LogP contribution is 2.32. The smallest absolute Gasteiger partial charge is 0.433 e. The summed E-state index contributed by atoms with van der Waals surface area (Å²) in [5.74, 6) is -0.642. The SMILES string of the molecule is Cc1oc2ccc(OCc3cccnc3C(F)(F)F)cc2c1C(=O)NC1CCN(C(C)C(=O)O)C1. The van der Waals surface area contributed by atoms with E-state index >= 15 is 0 Å². The first-order valence-corrected chi connectivity index (χ1v) is 11.0. The van der Waals surface area contributed by atoms with Crippen LogP contribution in [0.1, 0.15) is 40.7 Å². The molecule has 3 aromatic rings. The maximum atomic E-state index is 13.2. The Morgan fingerprint density at radius 2 is 2.11 bits per heavy atom. The van der Waals surface area contributed by atoms with Crippen LogP contribution in [0.3, 0.4) is 0 Å². The molecule has 4 rings (SSSR count). The summed E-state index contributed by atoms with van der Waals surface area (Å²) < 4.78 is 50.9. The summed E-state index contributed by atoms with van der Waals surface area (Å²) in [5.41, 5.74) is -0.386. The quantitative estimate of drug-likeness (QED) is 0.515. The van der Waals surface area contributed by atoms with Gasteiger partial charge in [0.15, 0.2) is 5.69 Å². The van der Waals surface area contributed by atoms with Crippen LogP contribution in [-0.4, -0.2) is 52.0 Å². The zero-order valence-electron chi connectivity index (χ0n) is 19.1. The van der Waals surface area contributed by atoms with Crippen molar-refractivity contribution in [1.29, 1.82) is 0 Å². The first-order valence-electron chi connectivity index (χ1n) is 11.0. The summed E-state index contributed by atoms with van der Waals surface area (Å²) >= 11 is 0. The van der Waals surface area contributed by atoms with E-state index < -0.39 is 23.9 Å². The number of pyridine rings is 1. The number of alkyl halides is 3. The minimum absolute atomic E-state index is 0.109. The van der Waals surface area contributed by atoms with Gasteiger partial charge >= 0.3 is 12.1 Å². The van der Waals surface area contributed by atoms with Crippen molar-refractivity contribution in [2.24, 2.45) is 0 Å². The van der Waals surface area contributed by atoms with Crippen LogP contribution in [0.4, 0.5) is 13.2 Å². The van der Waals surface area contributed by atoms with Crippen molar-refractivity contribution in [2.45, 2.75) is 45.1 Å². The third-order valence-corrected chi connectivity index (χ3v) is 6.08. The van der Waals surface area contributed by atoms with Gasteiger partial charge < -0.3 is 19.6 Å². The van der Waals surface area contributed by atoms with Crippen molar-refractivity contribution < 1.29 is 37.0 Å². The normalized spacial score (nSPS) is 17.5. The topological polar surface area (TPSA) is 105 Å². The standard InChI is InChI=1S/C24H24F3N3O5/c1-13(23(32)33)30-9-7-16(11-30)29-22(31)20-14(2)35-19-6-5-17(10-18(19)20)34-12-15-4-3-8-28-21(15)24(25,26)27/h3-6,8,10,13,16H,7,9,11-12H2,1-2H3,(H,29,31)(H,32,33). The highest BCUT2D eigenvalue weighted by atomic mass is 19.4. The third-order valence-electron chi connectivity index (χ3n) is 6.08. The first-order chi connectivity index (χ1) is 16.5. The fraction of sp³-hybridized carbons (Fsp3) is 0.375. The lowest BCUT2D eigenvalue weighted by Gasteiger charge is -2.20. The summed E-state index contributed by atoms with van der Waals surface area (Å²) in [5, 5.41) is 12.6. The number of aryl methyl sites for hydroxylation is 1. The number of benzene rings is 1. The minimum Gasteiger partial charge on any atom is -0.489 e. The van der Waals surface area contributed by atoms with Crippen LogP contribution in [0.25, 0.3) is 11.0 Å². The molecule has 0 saturated carbocycles. The van der Waals surface area contributed by atoms with Gasteiger partial charge in [0.1, 0.15) is 29.7 Å². The number of rotatable bonds is 7. The number of fused-ring (bicyclic) bond motifs is 1. The predicted molar refractivity (Wildman–Crippen MR) is 119 cm³/mol. The van der Waals surface area contributed by atoms with Crippen molar-refractivity contribution in [3.8, 4) is 5.75 Å². The molecule has 1 fully saturated rings. The van der Waals surface area contributed by atoms with Crippen LogP contribution in [0.5, 0.6) is 5.75 Å². The van der Waals surface area contributed by atoms with Gasteiger partial charge in [0.05, 0.1) is 5.56 Å². The number of amides is 1. The molecule has 1 aliphatic rings. The molecule has 2 aromatic heterocycles. The number of carboxylic acid groups (broad SMARTS) is 1. The molecule has 2 N–H and O–H groups in total. The number of hydrogen-bond donors (Lipinski definition) is 2. The van der Waals surface area contributed by atoms with Crippen molar-refractivity contribution in [1.82, 2.24) is 15.2 Å². The minimum atomic E-state index is -4.60. The molecule has 3 heterocycles. The number of halogens is 3. The number of aromatic nitrogens is 1. The summed E-state index contributed by atoms with van der Waals surface area (Å²) in [6.45, 7) is 3.86. The molecule has 0 radical (unpaired) electrons. The summed E-state index contributed by atoms with van der Waals surface area (Å²) in [7, 11) is 0. The lowest BCUT2D eigenvalue weighted by molar-refractivity contribution is -0.143. The molecule has 11 heteroatoms. The van der Waals surface area contributed by atoms with Gasteiger partial charge in [-0.3, -0.25) is 19.5 Å². The fourth-order valence-electron chi connectivity index (χ4n) is 4.21. The Kier molecular flexibility index (Phi) is 6.70. The zero-order chi connectivity index (χ0) is 25.3. The van der Waals surface area contributed by atoms with Gasteiger partial charge in [-0.2, -0.15) is 13.2 Å². The number of likely N-dealkylation sites (tertiary alicyclic amines) is 1. The molecule has 0 bridgehead atoms. The van der Waals surface area contributed by atoms with Gasteiger partial charge in [-0.25, -0.2) is 0 Å². The Hall–Kier alpha value is -3.60. The Morgan fingerprint density at radius 1 is 1.34 bits per heavy atom. The van der Waals surface area contributed by atoms with Crippen LogP contribution in [0, 0.1) is 6.92 Å². The average molecular weight is 491 g/mol. The van der Waals surface area contributed by atoms with E-state index in [1.807, 2.05) is 0 Å². The maximum absolute atomic E-state index is 13.2. The lowest BCUT2D eigenvalue weighted by atomic mass is 10.1. The molecule has 2 atom stereocenters. The molecule has 186 valence electrons. The van der Waals surface area contributed by atoms with Gasteiger partial charge in [-0.05, 0) is 44.5 Å². The van der Waals surface area contributed by atoms with Crippen LogP contribution in [0.2, 0.25) is 0 Å². The highest BCUT2D eigenvalue weighted by Gasteiger charge is 2.35. The molecule has 8 nitrogen and oxygen atoms in total. The number of aliphatic carboxylic acids is 1. The predicted octanol–water partition coefficient (Wildman–Crippen LogP) is 4.01. The van der Waals surface area contributed by atoms with Crippen LogP contribution >= 0.6 is 0 Å². The lowest BCUT2D eigenvalue weighted by Crippen LogP contribution is -2.41. The molecule has 0 spiro atoms. The monoisotopic (exact) mass is 491 g/mol. The van der Waals surface area contributed by atoms with Gasteiger partial charge in [-0.1, -0.05) is 6.07 Å². The van der Waals surface area contributed by atoms with Crippen molar-refractivity contribution in [3.05, 3.63) is 59.1 Å². The Morgan fingerprint density at radius 3 is 2.83 bits per heavy atom. The number of carbonyl (C=O) groups is 2. The van der Waals surface area contributed by atoms with Gasteiger partial charge in [0.25, 0.3) is 5.91 Å². The Balaban J connectivity index is 1.50. The molecule has 1 amide bonds. The number of ether oxygens (including phenoxy) is 1. The molecular weight excluding hydrogens is 467 g/mol. The van der Waals surface area contributed by atoms with E-state index in [0.717, 1.165) is 6.20 Å². The largest absolute Gasteiger partial charge is 0.489 e. The first kappa shape index (κ1) is 24.5. The van der Waals surface area contributed by atoms with Crippen molar-refractivity contribution in [3.63, 3.8) is 0 Å². The fourth-order valence-corrected chi connectivity index (χ4v) is 4.21. The number of furan rings is 1. The van der Waals surface area contributed by atoms with Gasteiger partial charge in [0.2, 0.25) is 0 Å². The molecular formula is C24H24F3N3O5. The van der Waals surface area contributed by atoms with Gasteiger partial charge in [-0.15, -0.1) is 0 Å². The molecule has 1 aliphatic heterocycles. The van der Waals surface area contributed by atoms with Gasteiger partial charge in [0, 0.05) is 36.3 Å². The van der Waals surface area contributed by atoms with E-state index in [4.69, 9.17) is 9.15 Å². The molecule has 1 aromatic carbocycles. The van der Waals surface area contributed by atoms with Crippen LogP contribution < -0.4 is 10.1 Å². The second-order valence-corrected chi connectivity index (χ2v) is 8.46. The van der Waals surface area contributed by atoms with Crippen LogP contribution in [0.15, 0.2) is 40.9 Å². The van der Waals surface area contributed by atoms with Crippen molar-refractivity contribution >= 4 is 22.8 Å². The van der Waals surface area contributed by atoms with E-state index in [1.165, 1.54) is 12.1 Å². The van der Waals surface area contributed by atoms with E-state index in [-0.39, 0.29) is 29.9 Å². The number of nitrogens with one attached hydrogen (secondary N) is 1. The zero-order valence-corrected chi connectivity index (χ0v) is 19.1. The highest BCUT2D eigenvalue weighted by molar-refractivity contribution is 6.07. The Labute approximate surface area is 198 Å². The second-order valence-electron chi connectivity index (χ2n) is 8.46. The molecule has 0 aliphatic carbocycles. The van der Waals surface area contributed by atoms with Crippen LogP contribution in [-0.2, 0) is 17.6 Å². The summed E-state index contributed by atoms with van der Waals surface area (Å²) in [4.78, 5) is 29.5. The van der Waals surface area contributed by atoms with Crippen molar-refractivity contribution in [2.75, 3.05) is 13.1 Å². The average Bonchev–Trinajstić information content (AvgIpc) is 3.39. The molecule has 2 unspecified atom stereocenters. The number of carbonyl (C=O) groups excluding carboxylic acids is 1. The van der Waals surface area contributed by atoms with E-state index in [2.05, 4.69) is 10.3 Å². The van der Waals surface area contributed by atoms with E-state index in [0.29, 0.717) is 41.8 Å². The maximum Gasteiger partial charge on any atom is 0.433 e. The summed E-state index contributed by atoms with van der Waals surface area (Å²) in [6, 6.07) is 6.53. The summed E-state index contributed by atoms with van der Waals surface area (Å²) in [6.07, 6.45) is -2.92. The molecule has 1 saturated heterocycles.